The average Bonchev–Trinajstić information content (AvgIpc) is 2.22. The van der Waals surface area contributed by atoms with Crippen LogP contribution in [0.4, 0.5) is 0 Å². The lowest BCUT2D eigenvalue weighted by Crippen LogP contribution is -2.09. The molecule has 15 heavy (non-hydrogen) atoms. The van der Waals surface area contributed by atoms with Crippen LogP contribution in [0, 0.1) is 6.92 Å². The zero-order valence-corrected chi connectivity index (χ0v) is 10.6. The maximum atomic E-state index is 5.93. The van der Waals surface area contributed by atoms with Gasteiger partial charge in [-0.2, -0.15) is 0 Å². The van der Waals surface area contributed by atoms with Crippen LogP contribution in [0.3, 0.4) is 0 Å². The van der Waals surface area contributed by atoms with Gasteiger partial charge in [-0.05, 0) is 20.3 Å². The molecular formula is C10H14Cl2N2O. The summed E-state index contributed by atoms with van der Waals surface area (Å²) in [6.45, 7) is 6.34. The van der Waals surface area contributed by atoms with Crippen molar-refractivity contribution in [2.24, 2.45) is 0 Å². The number of nitrogens with zero attached hydrogens (tertiary/aromatic N) is 2. The zero-order valence-electron chi connectivity index (χ0n) is 9.05. The van der Waals surface area contributed by atoms with Gasteiger partial charge in [-0.3, -0.25) is 0 Å². The summed E-state index contributed by atoms with van der Waals surface area (Å²) in [6.07, 6.45) is 0.661. The predicted octanol–water partition coefficient (Wildman–Crippen LogP) is 3.58. The van der Waals surface area contributed by atoms with Crippen LogP contribution in [0.5, 0.6) is 0 Å². The molecule has 84 valence electrons. The number of hydrogen-bond acceptors (Lipinski definition) is 3. The molecule has 0 amide bonds. The van der Waals surface area contributed by atoms with E-state index in [9.17, 15) is 0 Å². The fourth-order valence-electron chi connectivity index (χ4n) is 1.20. The second-order valence-electron chi connectivity index (χ2n) is 3.14. The van der Waals surface area contributed by atoms with Crippen LogP contribution in [0.15, 0.2) is 0 Å². The fraction of sp³-hybridized carbons (Fsp3) is 0.600. The molecule has 0 aliphatic carbocycles. The van der Waals surface area contributed by atoms with E-state index in [1.807, 2.05) is 13.8 Å². The van der Waals surface area contributed by atoms with Crippen LogP contribution in [0.1, 0.15) is 37.8 Å². The molecule has 5 heteroatoms. The van der Waals surface area contributed by atoms with Gasteiger partial charge < -0.3 is 4.74 Å². The standard InChI is InChI=1S/C10H14Cl2N2O/c1-4-7(15-5-2)10-13-8(11)6(3)9(12)14-10/h7H,4-5H2,1-3H3. The molecule has 1 heterocycles. The molecule has 0 saturated heterocycles. The summed E-state index contributed by atoms with van der Waals surface area (Å²) in [5, 5.41) is 0.784. The molecule has 3 nitrogen and oxygen atoms in total. The topological polar surface area (TPSA) is 35.0 Å². The van der Waals surface area contributed by atoms with Gasteiger partial charge >= 0.3 is 0 Å². The van der Waals surface area contributed by atoms with Crippen molar-refractivity contribution in [2.75, 3.05) is 6.61 Å². The van der Waals surface area contributed by atoms with E-state index in [-0.39, 0.29) is 6.10 Å². The lowest BCUT2D eigenvalue weighted by atomic mass is 10.2. The Morgan fingerprint density at radius 2 is 1.73 bits per heavy atom. The Balaban J connectivity index is 3.03. The van der Waals surface area contributed by atoms with Crippen molar-refractivity contribution >= 4 is 23.2 Å². The van der Waals surface area contributed by atoms with Crippen LogP contribution >= 0.6 is 23.2 Å². The van der Waals surface area contributed by atoms with E-state index in [1.54, 1.807) is 6.92 Å². The Labute approximate surface area is 99.8 Å². The highest BCUT2D eigenvalue weighted by Gasteiger charge is 2.15. The number of rotatable bonds is 4. The van der Waals surface area contributed by atoms with Crippen LogP contribution in [-0.4, -0.2) is 16.6 Å². The zero-order chi connectivity index (χ0) is 11.4. The quantitative estimate of drug-likeness (QED) is 0.765. The highest BCUT2D eigenvalue weighted by atomic mass is 35.5. The van der Waals surface area contributed by atoms with Crippen LogP contribution < -0.4 is 0 Å². The molecule has 0 bridgehead atoms. The van der Waals surface area contributed by atoms with Crippen molar-refractivity contribution in [1.29, 1.82) is 0 Å². The molecule has 0 aliphatic heterocycles. The van der Waals surface area contributed by atoms with Gasteiger partial charge in [-0.25, -0.2) is 9.97 Å². The maximum absolute atomic E-state index is 5.93. The van der Waals surface area contributed by atoms with Gasteiger partial charge in [0, 0.05) is 12.2 Å². The molecule has 0 aliphatic rings. The number of ether oxygens (including phenoxy) is 1. The third-order valence-electron chi connectivity index (χ3n) is 2.07. The van der Waals surface area contributed by atoms with E-state index in [4.69, 9.17) is 27.9 Å². The molecule has 0 N–H and O–H groups in total. The molecule has 1 aromatic rings. The minimum absolute atomic E-state index is 0.134. The molecule has 0 fully saturated rings. The van der Waals surface area contributed by atoms with E-state index in [0.29, 0.717) is 28.3 Å². The summed E-state index contributed by atoms with van der Waals surface area (Å²) in [5.74, 6) is 0.556. The highest BCUT2D eigenvalue weighted by molar-refractivity contribution is 6.34. The Kier molecular flexibility index (Phi) is 4.77. The first-order chi connectivity index (χ1) is 7.10. The molecule has 0 spiro atoms. The van der Waals surface area contributed by atoms with Gasteiger partial charge in [0.05, 0.1) is 0 Å². The monoisotopic (exact) mass is 248 g/mol. The first-order valence-corrected chi connectivity index (χ1v) is 5.66. The molecule has 1 aromatic heterocycles. The summed E-state index contributed by atoms with van der Waals surface area (Å²) in [5.41, 5.74) is 0.702. The Hall–Kier alpha value is -0.380. The molecular weight excluding hydrogens is 235 g/mol. The van der Waals surface area contributed by atoms with E-state index in [2.05, 4.69) is 9.97 Å². The average molecular weight is 249 g/mol. The maximum Gasteiger partial charge on any atom is 0.160 e. The largest absolute Gasteiger partial charge is 0.371 e. The van der Waals surface area contributed by atoms with Crippen molar-refractivity contribution < 1.29 is 4.74 Å². The smallest absolute Gasteiger partial charge is 0.160 e. The number of halogens is 2. The van der Waals surface area contributed by atoms with Crippen molar-refractivity contribution in [3.05, 3.63) is 21.7 Å². The molecule has 1 rings (SSSR count). The number of aromatic nitrogens is 2. The van der Waals surface area contributed by atoms with Gasteiger partial charge in [0.25, 0.3) is 0 Å². The Bertz CT molecular complexity index is 321. The molecule has 0 saturated carbocycles. The third kappa shape index (κ3) is 3.03. The fourth-order valence-corrected chi connectivity index (χ4v) is 1.60. The van der Waals surface area contributed by atoms with Gasteiger partial charge in [-0.15, -0.1) is 0 Å². The SMILES string of the molecule is CCOC(CC)c1nc(Cl)c(C)c(Cl)n1. The van der Waals surface area contributed by atoms with E-state index >= 15 is 0 Å². The molecule has 1 unspecified atom stereocenters. The van der Waals surface area contributed by atoms with Crippen molar-refractivity contribution in [2.45, 2.75) is 33.3 Å². The first-order valence-electron chi connectivity index (χ1n) is 4.91. The van der Waals surface area contributed by atoms with Crippen LogP contribution in [0.2, 0.25) is 10.3 Å². The first kappa shape index (κ1) is 12.7. The van der Waals surface area contributed by atoms with Crippen molar-refractivity contribution in [3.63, 3.8) is 0 Å². The Morgan fingerprint density at radius 3 is 2.13 bits per heavy atom. The van der Waals surface area contributed by atoms with Gasteiger partial charge in [0.1, 0.15) is 16.4 Å². The minimum atomic E-state index is -0.134. The second kappa shape index (κ2) is 5.64. The predicted molar refractivity (Wildman–Crippen MR) is 61.4 cm³/mol. The van der Waals surface area contributed by atoms with Gasteiger partial charge in [0.2, 0.25) is 0 Å². The summed E-state index contributed by atoms with van der Waals surface area (Å²) in [7, 11) is 0. The lowest BCUT2D eigenvalue weighted by Gasteiger charge is -2.14. The summed E-state index contributed by atoms with van der Waals surface area (Å²) in [6, 6.07) is 0. The molecule has 0 aromatic carbocycles. The summed E-state index contributed by atoms with van der Waals surface area (Å²) >= 11 is 11.9. The normalized spacial score (nSPS) is 12.9. The second-order valence-corrected chi connectivity index (χ2v) is 3.86. The molecule has 1 atom stereocenters. The van der Waals surface area contributed by atoms with E-state index in [0.717, 1.165) is 6.42 Å². The molecule has 0 radical (unpaired) electrons. The minimum Gasteiger partial charge on any atom is -0.371 e. The van der Waals surface area contributed by atoms with Gasteiger partial charge in [-0.1, -0.05) is 30.1 Å². The van der Waals surface area contributed by atoms with E-state index in [1.165, 1.54) is 0 Å². The highest BCUT2D eigenvalue weighted by Crippen LogP contribution is 2.24. The van der Waals surface area contributed by atoms with Crippen molar-refractivity contribution in [1.82, 2.24) is 9.97 Å². The lowest BCUT2D eigenvalue weighted by molar-refractivity contribution is 0.0535. The van der Waals surface area contributed by atoms with Crippen LogP contribution in [-0.2, 0) is 4.74 Å². The third-order valence-corrected chi connectivity index (χ3v) is 2.81. The van der Waals surface area contributed by atoms with Gasteiger partial charge in [0.15, 0.2) is 5.82 Å². The van der Waals surface area contributed by atoms with Crippen molar-refractivity contribution in [3.8, 4) is 0 Å². The van der Waals surface area contributed by atoms with E-state index < -0.39 is 0 Å². The van der Waals surface area contributed by atoms with Crippen LogP contribution in [0.25, 0.3) is 0 Å². The number of hydrogen-bond donors (Lipinski definition) is 0. The summed E-state index contributed by atoms with van der Waals surface area (Å²) in [4.78, 5) is 8.34. The summed E-state index contributed by atoms with van der Waals surface area (Å²) < 4.78 is 5.48. The Morgan fingerprint density at radius 1 is 1.20 bits per heavy atom.